The minimum atomic E-state index is 0.515. The second-order valence-electron chi connectivity index (χ2n) is 3.42. The van der Waals surface area contributed by atoms with Gasteiger partial charge in [0, 0.05) is 24.4 Å². The Labute approximate surface area is 74.2 Å². The van der Waals surface area contributed by atoms with E-state index in [1.165, 1.54) is 5.69 Å². The van der Waals surface area contributed by atoms with E-state index in [1.807, 2.05) is 18.3 Å². The summed E-state index contributed by atoms with van der Waals surface area (Å²) in [4.78, 5) is 6.48. The highest BCUT2D eigenvalue weighted by molar-refractivity contribution is 5.08. The average molecular weight is 164 g/mol. The summed E-state index contributed by atoms with van der Waals surface area (Å²) in [7, 11) is 4.17. The molecule has 0 N–H and O–H groups in total. The monoisotopic (exact) mass is 164 g/mol. The highest BCUT2D eigenvalue weighted by atomic mass is 15.1. The van der Waals surface area contributed by atoms with Gasteiger partial charge in [0.1, 0.15) is 0 Å². The number of rotatable bonds is 3. The van der Waals surface area contributed by atoms with E-state index < -0.39 is 0 Å². The summed E-state index contributed by atoms with van der Waals surface area (Å²) in [5.74, 6) is 0.515. The van der Waals surface area contributed by atoms with Crippen LogP contribution in [0.25, 0.3) is 0 Å². The number of hydrogen-bond donors (Lipinski definition) is 0. The number of hydrogen-bond acceptors (Lipinski definition) is 2. The molecule has 2 heteroatoms. The Hall–Kier alpha value is -0.890. The molecule has 1 aromatic rings. The highest BCUT2D eigenvalue weighted by Gasteiger charge is 2.06. The fourth-order valence-corrected chi connectivity index (χ4v) is 1.31. The van der Waals surface area contributed by atoms with Gasteiger partial charge in [-0.15, -0.1) is 0 Å². The number of pyridine rings is 1. The maximum absolute atomic E-state index is 4.31. The molecular formula is C10H16N2. The van der Waals surface area contributed by atoms with Crippen LogP contribution in [0.2, 0.25) is 0 Å². The second kappa shape index (κ2) is 4.21. The molecule has 0 aliphatic heterocycles. The van der Waals surface area contributed by atoms with E-state index in [-0.39, 0.29) is 0 Å². The third-order valence-electron chi connectivity index (χ3n) is 1.83. The summed E-state index contributed by atoms with van der Waals surface area (Å²) in [5, 5.41) is 0. The van der Waals surface area contributed by atoms with Gasteiger partial charge >= 0.3 is 0 Å². The van der Waals surface area contributed by atoms with E-state index in [0.29, 0.717) is 5.92 Å². The molecule has 1 atom stereocenters. The predicted octanol–water partition coefficient (Wildman–Crippen LogP) is 1.75. The van der Waals surface area contributed by atoms with Gasteiger partial charge < -0.3 is 4.90 Å². The lowest BCUT2D eigenvalue weighted by Crippen LogP contribution is -2.18. The van der Waals surface area contributed by atoms with Gasteiger partial charge in [-0.3, -0.25) is 4.98 Å². The molecule has 1 rings (SSSR count). The zero-order chi connectivity index (χ0) is 8.97. The van der Waals surface area contributed by atoms with Gasteiger partial charge in [-0.25, -0.2) is 0 Å². The van der Waals surface area contributed by atoms with Gasteiger partial charge in [0.25, 0.3) is 0 Å². The first-order valence-corrected chi connectivity index (χ1v) is 4.26. The van der Waals surface area contributed by atoms with E-state index in [2.05, 4.69) is 37.0 Å². The Morgan fingerprint density at radius 3 is 2.67 bits per heavy atom. The molecule has 0 amide bonds. The Bertz CT molecular complexity index is 219. The molecule has 1 aromatic heterocycles. The molecule has 0 unspecified atom stereocenters. The normalized spacial score (nSPS) is 13.3. The van der Waals surface area contributed by atoms with Crippen molar-refractivity contribution >= 4 is 0 Å². The zero-order valence-corrected chi connectivity index (χ0v) is 7.99. The summed E-state index contributed by atoms with van der Waals surface area (Å²) in [6, 6.07) is 6.06. The quantitative estimate of drug-likeness (QED) is 0.676. The van der Waals surface area contributed by atoms with Gasteiger partial charge in [-0.2, -0.15) is 0 Å². The highest BCUT2D eigenvalue weighted by Crippen LogP contribution is 2.11. The summed E-state index contributed by atoms with van der Waals surface area (Å²) in [6.45, 7) is 3.25. The maximum atomic E-state index is 4.31. The van der Waals surface area contributed by atoms with E-state index in [4.69, 9.17) is 0 Å². The molecule has 66 valence electrons. The molecule has 1 heterocycles. The number of aromatic nitrogens is 1. The molecule has 12 heavy (non-hydrogen) atoms. The first-order valence-electron chi connectivity index (χ1n) is 4.26. The van der Waals surface area contributed by atoms with Crippen molar-refractivity contribution in [3.63, 3.8) is 0 Å². The fraction of sp³-hybridized carbons (Fsp3) is 0.500. The maximum Gasteiger partial charge on any atom is 0.0444 e. The van der Waals surface area contributed by atoms with Crippen molar-refractivity contribution in [1.29, 1.82) is 0 Å². The van der Waals surface area contributed by atoms with Crippen LogP contribution in [0.3, 0.4) is 0 Å². The summed E-state index contributed by atoms with van der Waals surface area (Å²) < 4.78 is 0. The van der Waals surface area contributed by atoms with Crippen molar-refractivity contribution in [3.8, 4) is 0 Å². The van der Waals surface area contributed by atoms with Crippen molar-refractivity contribution in [1.82, 2.24) is 9.88 Å². The van der Waals surface area contributed by atoms with Crippen LogP contribution in [0.4, 0.5) is 0 Å². The molecule has 0 radical (unpaired) electrons. The van der Waals surface area contributed by atoms with Crippen molar-refractivity contribution in [3.05, 3.63) is 30.1 Å². The lowest BCUT2D eigenvalue weighted by Gasteiger charge is -2.15. The summed E-state index contributed by atoms with van der Waals surface area (Å²) >= 11 is 0. The smallest absolute Gasteiger partial charge is 0.0444 e. The van der Waals surface area contributed by atoms with E-state index in [1.54, 1.807) is 0 Å². The minimum absolute atomic E-state index is 0.515. The van der Waals surface area contributed by atoms with Crippen LogP contribution in [-0.4, -0.2) is 30.5 Å². The van der Waals surface area contributed by atoms with Gasteiger partial charge in [0.05, 0.1) is 0 Å². The van der Waals surface area contributed by atoms with Crippen molar-refractivity contribution < 1.29 is 0 Å². The molecule has 0 spiro atoms. The second-order valence-corrected chi connectivity index (χ2v) is 3.42. The van der Waals surface area contributed by atoms with E-state index in [9.17, 15) is 0 Å². The van der Waals surface area contributed by atoms with Crippen LogP contribution in [0.15, 0.2) is 24.4 Å². The number of nitrogens with zero attached hydrogens (tertiary/aromatic N) is 2. The van der Waals surface area contributed by atoms with Gasteiger partial charge in [0.15, 0.2) is 0 Å². The fourth-order valence-electron chi connectivity index (χ4n) is 1.31. The Kier molecular flexibility index (Phi) is 3.23. The minimum Gasteiger partial charge on any atom is -0.309 e. The first-order chi connectivity index (χ1) is 5.70. The molecule has 0 bridgehead atoms. The van der Waals surface area contributed by atoms with Crippen LogP contribution in [0.1, 0.15) is 18.5 Å². The molecular weight excluding hydrogens is 148 g/mol. The van der Waals surface area contributed by atoms with Gasteiger partial charge in [0.2, 0.25) is 0 Å². The van der Waals surface area contributed by atoms with Crippen molar-refractivity contribution in [2.75, 3.05) is 20.6 Å². The number of likely N-dealkylation sites (N-methyl/N-ethyl adjacent to an activating group) is 1. The van der Waals surface area contributed by atoms with Crippen molar-refractivity contribution in [2.24, 2.45) is 0 Å². The van der Waals surface area contributed by atoms with Gasteiger partial charge in [-0.05, 0) is 26.2 Å². The van der Waals surface area contributed by atoms with E-state index >= 15 is 0 Å². The van der Waals surface area contributed by atoms with Crippen LogP contribution in [0.5, 0.6) is 0 Å². The molecule has 0 aromatic carbocycles. The molecule has 0 aliphatic rings. The molecule has 0 saturated carbocycles. The van der Waals surface area contributed by atoms with Crippen molar-refractivity contribution in [2.45, 2.75) is 12.8 Å². The molecule has 0 aliphatic carbocycles. The lowest BCUT2D eigenvalue weighted by molar-refractivity contribution is 0.380. The lowest BCUT2D eigenvalue weighted by atomic mass is 10.1. The van der Waals surface area contributed by atoms with Crippen LogP contribution in [-0.2, 0) is 0 Å². The zero-order valence-electron chi connectivity index (χ0n) is 7.99. The first kappa shape index (κ1) is 9.20. The summed E-state index contributed by atoms with van der Waals surface area (Å²) in [5.41, 5.74) is 1.17. The largest absolute Gasteiger partial charge is 0.309 e. The average Bonchev–Trinajstić information content (AvgIpc) is 2.05. The van der Waals surface area contributed by atoms with Crippen LogP contribution < -0.4 is 0 Å². The Morgan fingerprint density at radius 2 is 2.17 bits per heavy atom. The van der Waals surface area contributed by atoms with Crippen LogP contribution in [0, 0.1) is 0 Å². The third kappa shape index (κ3) is 2.62. The van der Waals surface area contributed by atoms with E-state index in [0.717, 1.165) is 6.54 Å². The Balaban J connectivity index is 2.59. The van der Waals surface area contributed by atoms with Crippen LogP contribution >= 0.6 is 0 Å². The molecule has 0 saturated heterocycles. The predicted molar refractivity (Wildman–Crippen MR) is 51.2 cm³/mol. The summed E-state index contributed by atoms with van der Waals surface area (Å²) in [6.07, 6.45) is 1.85. The third-order valence-corrected chi connectivity index (χ3v) is 1.83. The molecule has 2 nitrogen and oxygen atoms in total. The standard InChI is InChI=1S/C10H16N2/c1-9(8-12(2)3)10-6-4-5-7-11-10/h4-7,9H,8H2,1-3H3/t9-/m1/s1. The SMILES string of the molecule is C[C@H](CN(C)C)c1ccccn1. The van der Waals surface area contributed by atoms with Gasteiger partial charge in [-0.1, -0.05) is 13.0 Å². The topological polar surface area (TPSA) is 16.1 Å². The Morgan fingerprint density at radius 1 is 1.42 bits per heavy atom. The molecule has 0 fully saturated rings.